The SMILES string of the molecule is CC[C@H]1OC(=O)[C@H](C)[C@@H](O[C@H]2C[C@@](C)(OC)[C@@H](OCCCCCOCC=Cc3ccc4c(c3)c(=O)c(C(=O)O)cn4CC)[C@H](C)O2)[C@H](C)[C@@H](O[C@@H]2O[C@H](C)C[C@H](N(C)C)[C@H]2O)[C@](C)(O)C[C@@H](C)CN(C)[C@H](C)[C@@H](O)[C@]1(C)O. The van der Waals surface area contributed by atoms with Crippen LogP contribution < -0.4 is 5.43 Å². The second kappa shape index (κ2) is 27.8. The molecule has 0 radical (unpaired) electrons. The normalized spacial score (nSPS) is 37.5. The van der Waals surface area contributed by atoms with Crippen LogP contribution in [0.2, 0.25) is 0 Å². The molecule has 5 N–H and O–H groups in total. The lowest BCUT2D eigenvalue weighted by Crippen LogP contribution is -2.61. The number of fused-ring (bicyclic) bond motifs is 1. The Kier molecular flexibility index (Phi) is 23.3. The number of nitrogens with zero attached hydrogens (tertiary/aromatic N) is 3. The van der Waals surface area contributed by atoms with Crippen molar-refractivity contribution >= 4 is 28.9 Å². The molecule has 1 aromatic heterocycles. The zero-order chi connectivity index (χ0) is 57.3. The predicted octanol–water partition coefficient (Wildman–Crippen LogP) is 5.86. The van der Waals surface area contributed by atoms with Crippen LogP contribution in [-0.2, 0) is 49.2 Å². The van der Waals surface area contributed by atoms with Crippen LogP contribution in [0.3, 0.4) is 0 Å². The quantitative estimate of drug-likeness (QED) is 0.0818. The molecule has 0 spiro atoms. The van der Waals surface area contributed by atoms with Crippen molar-refractivity contribution < 1.29 is 73.0 Å². The fourth-order valence-corrected chi connectivity index (χ4v) is 12.0. The highest BCUT2D eigenvalue weighted by molar-refractivity contribution is 5.93. The number of aromatic nitrogens is 1. The number of carbonyl (C=O) groups is 2. The molecule has 0 aliphatic carbocycles. The largest absolute Gasteiger partial charge is 0.477 e. The molecule has 3 saturated heterocycles. The maximum Gasteiger partial charge on any atom is 0.341 e. The van der Waals surface area contributed by atoms with Crippen molar-refractivity contribution in [3.05, 3.63) is 51.8 Å². The van der Waals surface area contributed by atoms with Crippen LogP contribution in [0.5, 0.6) is 0 Å². The van der Waals surface area contributed by atoms with Crippen LogP contribution in [0.1, 0.15) is 137 Å². The molecule has 3 aliphatic heterocycles. The molecular weight excluding hydrogens is 995 g/mol. The third-order valence-corrected chi connectivity index (χ3v) is 16.6. The first-order valence-corrected chi connectivity index (χ1v) is 27.9. The van der Waals surface area contributed by atoms with Crippen molar-refractivity contribution in [2.75, 3.05) is 54.6 Å². The maximum atomic E-state index is 14.6. The summed E-state index contributed by atoms with van der Waals surface area (Å²) in [5.41, 5.74) is -3.65. The summed E-state index contributed by atoms with van der Waals surface area (Å²) in [5.74, 6) is -3.92. The van der Waals surface area contributed by atoms with Gasteiger partial charge in [0.25, 0.3) is 0 Å². The molecule has 1 aromatic carbocycles. The Bertz CT molecular complexity index is 2310. The van der Waals surface area contributed by atoms with E-state index in [1.807, 2.05) is 104 Å². The summed E-state index contributed by atoms with van der Waals surface area (Å²) in [7, 11) is 7.24. The van der Waals surface area contributed by atoms with E-state index in [4.69, 9.17) is 37.9 Å². The smallest absolute Gasteiger partial charge is 0.341 e. The first-order valence-electron chi connectivity index (χ1n) is 27.9. The van der Waals surface area contributed by atoms with Gasteiger partial charge >= 0.3 is 11.9 Å². The Balaban J connectivity index is 1.29. The van der Waals surface area contributed by atoms with Crippen molar-refractivity contribution in [2.24, 2.45) is 17.8 Å². The highest BCUT2D eigenvalue weighted by atomic mass is 16.7. The number of hydrogen-bond acceptors (Lipinski definition) is 17. The number of aliphatic hydroxyl groups excluding tert-OH is 2. The Morgan fingerprint density at radius 3 is 2.26 bits per heavy atom. The van der Waals surface area contributed by atoms with Gasteiger partial charge < -0.3 is 77.8 Å². The number of aliphatic hydroxyl groups is 4. The maximum absolute atomic E-state index is 14.6. The molecule has 77 heavy (non-hydrogen) atoms. The van der Waals surface area contributed by atoms with Gasteiger partial charge in [0, 0.05) is 69.4 Å². The average Bonchev–Trinajstić information content (AvgIpc) is 3.37. The van der Waals surface area contributed by atoms with E-state index >= 15 is 0 Å². The van der Waals surface area contributed by atoms with Gasteiger partial charge in [0.05, 0.1) is 53.7 Å². The second-order valence-electron chi connectivity index (χ2n) is 23.3. The van der Waals surface area contributed by atoms with Crippen molar-refractivity contribution in [2.45, 2.75) is 218 Å². The third-order valence-electron chi connectivity index (χ3n) is 16.6. The first kappa shape index (κ1) is 64.4. The number of hydrogen-bond donors (Lipinski definition) is 5. The second-order valence-corrected chi connectivity index (χ2v) is 23.3. The van der Waals surface area contributed by atoms with Gasteiger partial charge in [-0.25, -0.2) is 4.79 Å². The van der Waals surface area contributed by atoms with E-state index < -0.39 is 107 Å². The molecule has 19 nitrogen and oxygen atoms in total. The summed E-state index contributed by atoms with van der Waals surface area (Å²) in [4.78, 5) is 43.0. The van der Waals surface area contributed by atoms with E-state index in [9.17, 15) is 39.9 Å². The fourth-order valence-electron chi connectivity index (χ4n) is 12.0. The summed E-state index contributed by atoms with van der Waals surface area (Å²) in [6.07, 6.45) is -0.303. The van der Waals surface area contributed by atoms with Crippen molar-refractivity contribution in [3.8, 4) is 0 Å². The molecule has 3 fully saturated rings. The van der Waals surface area contributed by atoms with Crippen LogP contribution in [0.15, 0.2) is 35.3 Å². The van der Waals surface area contributed by atoms with E-state index in [1.54, 1.807) is 38.5 Å². The molecule has 438 valence electrons. The molecule has 4 heterocycles. The fraction of sp³-hybridized carbons (Fsp3) is 0.776. The van der Waals surface area contributed by atoms with Gasteiger partial charge in [-0.3, -0.25) is 9.59 Å². The summed E-state index contributed by atoms with van der Waals surface area (Å²) in [5, 5.41) is 58.0. The van der Waals surface area contributed by atoms with Gasteiger partial charge in [-0.2, -0.15) is 0 Å². The highest BCUT2D eigenvalue weighted by Gasteiger charge is 2.53. The molecule has 0 saturated carbocycles. The molecule has 0 unspecified atom stereocenters. The molecular formula is C58H95N3O16. The van der Waals surface area contributed by atoms with Crippen molar-refractivity contribution in [3.63, 3.8) is 0 Å². The monoisotopic (exact) mass is 1090 g/mol. The van der Waals surface area contributed by atoms with Gasteiger partial charge in [0.15, 0.2) is 12.6 Å². The summed E-state index contributed by atoms with van der Waals surface area (Å²) < 4.78 is 53.2. The number of likely N-dealkylation sites (N-methyl/N-ethyl adjacent to an activating group) is 2. The lowest BCUT2D eigenvalue weighted by atomic mass is 9.77. The van der Waals surface area contributed by atoms with E-state index in [1.165, 1.54) is 13.1 Å². The Morgan fingerprint density at radius 1 is 0.935 bits per heavy atom. The number of cyclic esters (lactones) is 1. The number of benzene rings is 1. The van der Waals surface area contributed by atoms with Gasteiger partial charge in [-0.1, -0.05) is 39.0 Å². The summed E-state index contributed by atoms with van der Waals surface area (Å²) in [6, 6.07) is 4.56. The Morgan fingerprint density at radius 2 is 1.62 bits per heavy atom. The average molecular weight is 1090 g/mol. The van der Waals surface area contributed by atoms with E-state index in [-0.39, 0.29) is 42.9 Å². The van der Waals surface area contributed by atoms with Gasteiger partial charge in [0.2, 0.25) is 5.43 Å². The standard InChI is InChI=1S/C58H95N3O16/c1-16-45-58(11,69)50(64)38(7)60(14)32-34(3)30-56(9,68)51(77-55-48(63)44(59(12)13)28-35(4)73-55)36(5)49(37(6)54(67)75-45)76-46-31-57(10,70-15)52(39(8)74-46)72-27-20-18-19-25-71-26-21-22-40-23-24-43-41(29-40)47(62)42(53(65)66)33-61(43)17-2/h21-24,29,33-39,44-46,48-52,55,63-64,68-69H,16-20,25-28,30-32H2,1-15H3,(H,65,66)/t34-,35-,36+,37-,38-,39+,44+,45-,46+,48-,49+,50-,51-,52+,55+,56-,57-,58-/m1/s1. The zero-order valence-corrected chi connectivity index (χ0v) is 48.7. The number of esters is 1. The van der Waals surface area contributed by atoms with Crippen LogP contribution in [0, 0.1) is 17.8 Å². The number of carboxylic acid groups (broad SMARTS) is 1. The number of methoxy groups -OCH3 is 1. The van der Waals surface area contributed by atoms with Crippen molar-refractivity contribution in [1.29, 1.82) is 0 Å². The number of carboxylic acids is 1. The number of rotatable bonds is 19. The number of aryl methyl sites for hydroxylation is 1. The number of pyridine rings is 1. The van der Waals surface area contributed by atoms with Crippen LogP contribution in [-0.4, -0.2) is 197 Å². The minimum atomic E-state index is -1.83. The molecule has 0 bridgehead atoms. The van der Waals surface area contributed by atoms with Crippen LogP contribution in [0.4, 0.5) is 0 Å². The molecule has 2 aromatic rings. The van der Waals surface area contributed by atoms with Gasteiger partial charge in [0.1, 0.15) is 35.6 Å². The summed E-state index contributed by atoms with van der Waals surface area (Å²) in [6.45, 7) is 22.2. The lowest BCUT2D eigenvalue weighted by Gasteiger charge is -2.49. The number of carbonyl (C=O) groups excluding carboxylic acids is 1. The molecule has 18 atom stereocenters. The molecule has 5 rings (SSSR count). The van der Waals surface area contributed by atoms with Crippen molar-refractivity contribution in [1.82, 2.24) is 14.4 Å². The van der Waals surface area contributed by atoms with Gasteiger partial charge in [-0.15, -0.1) is 0 Å². The third kappa shape index (κ3) is 15.7. The molecule has 0 amide bonds. The van der Waals surface area contributed by atoms with Crippen LogP contribution in [0.25, 0.3) is 17.0 Å². The minimum absolute atomic E-state index is 0.170. The van der Waals surface area contributed by atoms with E-state index in [2.05, 4.69) is 0 Å². The Labute approximate surface area is 457 Å². The highest BCUT2D eigenvalue weighted by Crippen LogP contribution is 2.41. The first-order chi connectivity index (χ1) is 36.1. The van der Waals surface area contributed by atoms with Crippen LogP contribution >= 0.6 is 0 Å². The van der Waals surface area contributed by atoms with Gasteiger partial charge in [-0.05, 0) is 139 Å². The summed E-state index contributed by atoms with van der Waals surface area (Å²) >= 11 is 0. The predicted molar refractivity (Wildman–Crippen MR) is 292 cm³/mol. The van der Waals surface area contributed by atoms with E-state index in [0.717, 1.165) is 24.8 Å². The topological polar surface area (TPSA) is 238 Å². The molecule has 19 heteroatoms. The Hall–Kier alpha value is -3.41. The molecule has 3 aliphatic rings. The van der Waals surface area contributed by atoms with E-state index in [0.29, 0.717) is 50.2 Å². The number of ether oxygens (including phenoxy) is 8. The zero-order valence-electron chi connectivity index (χ0n) is 48.7. The minimum Gasteiger partial charge on any atom is -0.477 e. The number of aromatic carboxylic acids is 1. The lowest BCUT2D eigenvalue weighted by molar-refractivity contribution is -0.320. The number of unbranched alkanes of at least 4 members (excludes halogenated alkanes) is 2.